The highest BCUT2D eigenvalue weighted by Crippen LogP contribution is 2.17. The summed E-state index contributed by atoms with van der Waals surface area (Å²) in [5.41, 5.74) is 2.70. The van der Waals surface area contributed by atoms with Gasteiger partial charge in [0.15, 0.2) is 0 Å². The second kappa shape index (κ2) is 5.50. The molecule has 3 aromatic rings. The normalized spacial score (nSPS) is 10.6. The first-order chi connectivity index (χ1) is 10.1. The number of anilines is 1. The largest absolute Gasteiger partial charge is 0.321 e. The van der Waals surface area contributed by atoms with E-state index in [4.69, 9.17) is 11.6 Å². The van der Waals surface area contributed by atoms with Crippen molar-refractivity contribution in [2.75, 3.05) is 5.32 Å². The topological polar surface area (TPSA) is 54.9 Å². The summed E-state index contributed by atoms with van der Waals surface area (Å²) in [5.74, 6) is -0.237. The first kappa shape index (κ1) is 13.5. The smallest absolute Gasteiger partial charge is 0.255 e. The SMILES string of the molecule is Cc1cc(C(=O)Nc2cnc3ccccc3c2)cc(Cl)n1. The van der Waals surface area contributed by atoms with Crippen molar-refractivity contribution in [1.29, 1.82) is 0 Å². The van der Waals surface area contributed by atoms with Crippen LogP contribution in [-0.2, 0) is 0 Å². The molecule has 0 aliphatic heterocycles. The van der Waals surface area contributed by atoms with Crippen LogP contribution in [0.4, 0.5) is 5.69 Å². The molecule has 5 heteroatoms. The summed E-state index contributed by atoms with van der Waals surface area (Å²) < 4.78 is 0. The van der Waals surface area contributed by atoms with Crippen molar-refractivity contribution in [1.82, 2.24) is 9.97 Å². The molecule has 104 valence electrons. The number of halogens is 1. The van der Waals surface area contributed by atoms with Gasteiger partial charge in [-0.1, -0.05) is 29.8 Å². The quantitative estimate of drug-likeness (QED) is 0.731. The maximum atomic E-state index is 12.2. The van der Waals surface area contributed by atoms with Crippen LogP contribution >= 0.6 is 11.6 Å². The van der Waals surface area contributed by atoms with Crippen molar-refractivity contribution in [3.05, 3.63) is 65.1 Å². The van der Waals surface area contributed by atoms with Gasteiger partial charge in [-0.25, -0.2) is 4.98 Å². The molecule has 2 aromatic heterocycles. The molecular weight excluding hydrogens is 286 g/mol. The molecular formula is C16H12ClN3O. The van der Waals surface area contributed by atoms with Crippen LogP contribution in [0, 0.1) is 6.92 Å². The zero-order valence-corrected chi connectivity index (χ0v) is 12.1. The van der Waals surface area contributed by atoms with Crippen molar-refractivity contribution in [2.24, 2.45) is 0 Å². The monoisotopic (exact) mass is 297 g/mol. The fraction of sp³-hybridized carbons (Fsp3) is 0.0625. The third-order valence-electron chi connectivity index (χ3n) is 3.03. The molecule has 0 spiro atoms. The van der Waals surface area contributed by atoms with Gasteiger partial charge < -0.3 is 5.32 Å². The minimum atomic E-state index is -0.237. The van der Waals surface area contributed by atoms with E-state index >= 15 is 0 Å². The maximum Gasteiger partial charge on any atom is 0.255 e. The number of hydrogen-bond acceptors (Lipinski definition) is 3. The van der Waals surface area contributed by atoms with Crippen LogP contribution in [0.15, 0.2) is 48.7 Å². The number of para-hydroxylation sites is 1. The van der Waals surface area contributed by atoms with E-state index in [0.717, 1.165) is 10.9 Å². The number of amides is 1. The van der Waals surface area contributed by atoms with Gasteiger partial charge in [0.25, 0.3) is 5.91 Å². The van der Waals surface area contributed by atoms with Gasteiger partial charge in [0.2, 0.25) is 0 Å². The predicted octanol–water partition coefficient (Wildman–Crippen LogP) is 3.84. The minimum absolute atomic E-state index is 0.237. The Bertz CT molecular complexity index is 812. The Kier molecular flexibility index (Phi) is 3.54. The number of carbonyl (C=O) groups is 1. The highest BCUT2D eigenvalue weighted by Gasteiger charge is 2.09. The highest BCUT2D eigenvalue weighted by atomic mass is 35.5. The predicted molar refractivity (Wildman–Crippen MR) is 83.7 cm³/mol. The Balaban J connectivity index is 1.88. The lowest BCUT2D eigenvalue weighted by Gasteiger charge is -2.07. The summed E-state index contributed by atoms with van der Waals surface area (Å²) >= 11 is 5.87. The number of rotatable bonds is 2. The second-order valence-corrected chi connectivity index (χ2v) is 5.08. The third kappa shape index (κ3) is 3.01. The van der Waals surface area contributed by atoms with Crippen molar-refractivity contribution < 1.29 is 4.79 Å². The van der Waals surface area contributed by atoms with Gasteiger partial charge >= 0.3 is 0 Å². The summed E-state index contributed by atoms with van der Waals surface area (Å²) in [4.78, 5) is 20.6. The van der Waals surface area contributed by atoms with Crippen molar-refractivity contribution in [2.45, 2.75) is 6.92 Å². The third-order valence-corrected chi connectivity index (χ3v) is 3.23. The molecule has 0 saturated heterocycles. The van der Waals surface area contributed by atoms with Crippen LogP contribution < -0.4 is 5.32 Å². The molecule has 1 amide bonds. The van der Waals surface area contributed by atoms with Gasteiger partial charge in [-0.15, -0.1) is 0 Å². The van der Waals surface area contributed by atoms with E-state index in [2.05, 4.69) is 15.3 Å². The second-order valence-electron chi connectivity index (χ2n) is 4.69. The zero-order chi connectivity index (χ0) is 14.8. The lowest BCUT2D eigenvalue weighted by Crippen LogP contribution is -2.12. The van der Waals surface area contributed by atoms with Gasteiger partial charge in [-0.05, 0) is 31.2 Å². The van der Waals surface area contributed by atoms with E-state index in [1.807, 2.05) is 30.3 Å². The number of nitrogens with one attached hydrogen (secondary N) is 1. The summed E-state index contributed by atoms with van der Waals surface area (Å²) in [6, 6.07) is 12.8. The lowest BCUT2D eigenvalue weighted by molar-refractivity contribution is 0.102. The van der Waals surface area contributed by atoms with Crippen LogP contribution in [0.25, 0.3) is 10.9 Å². The van der Waals surface area contributed by atoms with Crippen LogP contribution in [0.2, 0.25) is 5.15 Å². The molecule has 0 aliphatic rings. The molecule has 0 fully saturated rings. The number of carbonyl (C=O) groups excluding carboxylic acids is 1. The number of fused-ring (bicyclic) bond motifs is 1. The summed E-state index contributed by atoms with van der Waals surface area (Å²) in [6.07, 6.45) is 1.63. The van der Waals surface area contributed by atoms with Gasteiger partial charge in [-0.3, -0.25) is 9.78 Å². The summed E-state index contributed by atoms with van der Waals surface area (Å²) in [6.45, 7) is 1.79. The summed E-state index contributed by atoms with van der Waals surface area (Å²) in [7, 11) is 0. The first-order valence-corrected chi connectivity index (χ1v) is 6.80. The molecule has 4 nitrogen and oxygen atoms in total. The average Bonchev–Trinajstić information content (AvgIpc) is 2.46. The Hall–Kier alpha value is -2.46. The first-order valence-electron chi connectivity index (χ1n) is 6.42. The number of benzene rings is 1. The number of aryl methyl sites for hydroxylation is 1. The number of hydrogen-bond donors (Lipinski definition) is 1. The van der Waals surface area contributed by atoms with Crippen LogP contribution in [-0.4, -0.2) is 15.9 Å². The Labute approximate surface area is 126 Å². The fourth-order valence-corrected chi connectivity index (χ4v) is 2.35. The van der Waals surface area contributed by atoms with Crippen molar-refractivity contribution in [3.63, 3.8) is 0 Å². The standard InChI is InChI=1S/C16H12ClN3O/c1-10-6-12(8-15(17)19-10)16(21)20-13-7-11-4-2-3-5-14(11)18-9-13/h2-9H,1H3,(H,20,21). The van der Waals surface area contributed by atoms with Crippen LogP contribution in [0.1, 0.15) is 16.1 Å². The molecule has 0 unspecified atom stereocenters. The van der Waals surface area contributed by atoms with Gasteiger partial charge in [0.05, 0.1) is 17.4 Å². The maximum absolute atomic E-state index is 12.2. The molecule has 1 aromatic carbocycles. The van der Waals surface area contributed by atoms with E-state index in [9.17, 15) is 4.79 Å². The number of nitrogens with zero attached hydrogens (tertiary/aromatic N) is 2. The van der Waals surface area contributed by atoms with Gasteiger partial charge in [-0.2, -0.15) is 0 Å². The van der Waals surface area contributed by atoms with E-state index in [1.54, 1.807) is 25.3 Å². The average molecular weight is 298 g/mol. The molecule has 0 saturated carbocycles. The minimum Gasteiger partial charge on any atom is -0.321 e. The molecule has 2 heterocycles. The van der Waals surface area contributed by atoms with E-state index in [0.29, 0.717) is 22.1 Å². The van der Waals surface area contributed by atoms with E-state index in [1.165, 1.54) is 0 Å². The van der Waals surface area contributed by atoms with E-state index in [-0.39, 0.29) is 5.91 Å². The van der Waals surface area contributed by atoms with Crippen LogP contribution in [0.3, 0.4) is 0 Å². The Morgan fingerprint density at radius 3 is 2.81 bits per heavy atom. The number of pyridine rings is 2. The molecule has 0 bridgehead atoms. The van der Waals surface area contributed by atoms with Crippen molar-refractivity contribution in [3.8, 4) is 0 Å². The summed E-state index contributed by atoms with van der Waals surface area (Å²) in [5, 5.41) is 4.09. The Morgan fingerprint density at radius 1 is 1.19 bits per heavy atom. The van der Waals surface area contributed by atoms with Gasteiger partial charge in [0.1, 0.15) is 5.15 Å². The molecule has 0 atom stereocenters. The molecule has 3 rings (SSSR count). The zero-order valence-electron chi connectivity index (χ0n) is 11.3. The van der Waals surface area contributed by atoms with Crippen LogP contribution in [0.5, 0.6) is 0 Å². The highest BCUT2D eigenvalue weighted by molar-refractivity contribution is 6.29. The number of aromatic nitrogens is 2. The Morgan fingerprint density at radius 2 is 2.00 bits per heavy atom. The lowest BCUT2D eigenvalue weighted by atomic mass is 10.2. The van der Waals surface area contributed by atoms with Gasteiger partial charge in [0, 0.05) is 16.6 Å². The molecule has 21 heavy (non-hydrogen) atoms. The molecule has 0 radical (unpaired) electrons. The molecule has 0 aliphatic carbocycles. The fourth-order valence-electron chi connectivity index (χ4n) is 2.10. The molecule has 1 N–H and O–H groups in total. The van der Waals surface area contributed by atoms with Crippen molar-refractivity contribution >= 4 is 34.1 Å². The van der Waals surface area contributed by atoms with E-state index < -0.39 is 0 Å².